The Morgan fingerprint density at radius 3 is 2.37 bits per heavy atom. The van der Waals surface area contributed by atoms with Crippen LogP contribution in [0, 0.1) is 19.3 Å². The largest absolute Gasteiger partial charge is 0.396 e. The van der Waals surface area contributed by atoms with Crippen molar-refractivity contribution in [1.82, 2.24) is 4.31 Å². The van der Waals surface area contributed by atoms with Gasteiger partial charge in [-0.2, -0.15) is 0 Å². The number of hydrogen-bond acceptors (Lipinski definition) is 4. The average Bonchev–Trinajstić information content (AvgIpc) is 2.57. The van der Waals surface area contributed by atoms with Gasteiger partial charge in [0, 0.05) is 30.0 Å². The highest BCUT2D eigenvalue weighted by atomic mass is 32.2. The molecule has 0 aromatic carbocycles. The smallest absolute Gasteiger partial charge is 0.243 e. The highest BCUT2D eigenvalue weighted by Crippen LogP contribution is 2.29. The summed E-state index contributed by atoms with van der Waals surface area (Å²) in [6.45, 7) is 8.12. The molecule has 0 unspecified atom stereocenters. The lowest BCUT2D eigenvalue weighted by Crippen LogP contribution is -2.36. The SMILES string of the molecule is Cc1cc(S(=O)(=O)N(C)CC(C)(C)CCO)c(C)s1. The maximum atomic E-state index is 12.5. The van der Waals surface area contributed by atoms with E-state index in [-0.39, 0.29) is 12.0 Å². The molecule has 6 heteroatoms. The molecule has 0 fully saturated rings. The van der Waals surface area contributed by atoms with Gasteiger partial charge in [0.1, 0.15) is 0 Å². The van der Waals surface area contributed by atoms with Gasteiger partial charge in [0.2, 0.25) is 10.0 Å². The zero-order valence-corrected chi connectivity index (χ0v) is 13.9. The van der Waals surface area contributed by atoms with E-state index in [0.29, 0.717) is 17.9 Å². The molecule has 1 rings (SSSR count). The molecule has 0 saturated heterocycles. The minimum Gasteiger partial charge on any atom is -0.396 e. The molecule has 0 atom stereocenters. The summed E-state index contributed by atoms with van der Waals surface area (Å²) in [7, 11) is -1.84. The molecule has 0 spiro atoms. The summed E-state index contributed by atoms with van der Waals surface area (Å²) in [5.41, 5.74) is -0.241. The van der Waals surface area contributed by atoms with E-state index < -0.39 is 10.0 Å². The predicted molar refractivity (Wildman–Crippen MR) is 79.1 cm³/mol. The van der Waals surface area contributed by atoms with Gasteiger partial charge in [-0.3, -0.25) is 0 Å². The van der Waals surface area contributed by atoms with Crippen molar-refractivity contribution in [2.75, 3.05) is 20.2 Å². The van der Waals surface area contributed by atoms with Crippen LogP contribution in [0.2, 0.25) is 0 Å². The second-order valence-electron chi connectivity index (χ2n) is 5.68. The second-order valence-corrected chi connectivity index (χ2v) is 9.15. The van der Waals surface area contributed by atoms with Crippen LogP contribution in [0.5, 0.6) is 0 Å². The van der Waals surface area contributed by atoms with Crippen LogP contribution in [0.1, 0.15) is 30.0 Å². The van der Waals surface area contributed by atoms with Crippen LogP contribution < -0.4 is 0 Å². The number of aryl methyl sites for hydroxylation is 2. The number of nitrogens with zero attached hydrogens (tertiary/aromatic N) is 1. The van der Waals surface area contributed by atoms with E-state index in [1.54, 1.807) is 13.1 Å². The summed E-state index contributed by atoms with van der Waals surface area (Å²) in [5.74, 6) is 0. The predicted octanol–water partition coefficient (Wildman–Crippen LogP) is 2.39. The second kappa shape index (κ2) is 5.91. The van der Waals surface area contributed by atoms with Gasteiger partial charge in [0.25, 0.3) is 0 Å². The Kier molecular flexibility index (Phi) is 5.17. The molecule has 0 saturated carbocycles. The summed E-state index contributed by atoms with van der Waals surface area (Å²) in [4.78, 5) is 2.22. The highest BCUT2D eigenvalue weighted by Gasteiger charge is 2.29. The van der Waals surface area contributed by atoms with E-state index in [4.69, 9.17) is 5.11 Å². The van der Waals surface area contributed by atoms with Crippen molar-refractivity contribution in [2.45, 2.75) is 39.0 Å². The molecule has 0 aliphatic carbocycles. The minimum atomic E-state index is -3.44. The van der Waals surface area contributed by atoms with Crippen LogP contribution in [0.15, 0.2) is 11.0 Å². The number of hydrogen-bond donors (Lipinski definition) is 1. The Bertz CT molecular complexity index is 532. The molecule has 1 aromatic rings. The monoisotopic (exact) mass is 305 g/mol. The lowest BCUT2D eigenvalue weighted by molar-refractivity contribution is 0.189. The third kappa shape index (κ3) is 4.02. The molecule has 1 heterocycles. The van der Waals surface area contributed by atoms with E-state index in [1.165, 1.54) is 15.6 Å². The molecule has 1 N–H and O–H groups in total. The van der Waals surface area contributed by atoms with Gasteiger partial charge in [-0.15, -0.1) is 11.3 Å². The topological polar surface area (TPSA) is 57.6 Å². The normalized spacial score (nSPS) is 13.2. The van der Waals surface area contributed by atoms with Crippen molar-refractivity contribution in [3.05, 3.63) is 15.8 Å². The standard InChI is InChI=1S/C13H23NO3S2/c1-10-8-12(11(2)18-10)19(16,17)14(5)9-13(3,4)6-7-15/h8,15H,6-7,9H2,1-5H3. The van der Waals surface area contributed by atoms with E-state index in [9.17, 15) is 8.42 Å². The maximum absolute atomic E-state index is 12.5. The molecule has 1 aromatic heterocycles. The molecular formula is C13H23NO3S2. The van der Waals surface area contributed by atoms with E-state index >= 15 is 0 Å². The summed E-state index contributed by atoms with van der Waals surface area (Å²) >= 11 is 1.50. The zero-order valence-electron chi connectivity index (χ0n) is 12.2. The Morgan fingerprint density at radius 2 is 1.95 bits per heavy atom. The molecule has 4 nitrogen and oxygen atoms in total. The summed E-state index contributed by atoms with van der Waals surface area (Å²) in [5, 5.41) is 9.02. The van der Waals surface area contributed by atoms with Crippen LogP contribution in [0.3, 0.4) is 0 Å². The van der Waals surface area contributed by atoms with Gasteiger partial charge in [0.15, 0.2) is 0 Å². The first-order valence-corrected chi connectivity index (χ1v) is 8.50. The van der Waals surface area contributed by atoms with Crippen molar-refractivity contribution in [2.24, 2.45) is 5.41 Å². The summed E-state index contributed by atoms with van der Waals surface area (Å²) in [6.07, 6.45) is 0.578. The quantitative estimate of drug-likeness (QED) is 0.878. The van der Waals surface area contributed by atoms with Crippen molar-refractivity contribution >= 4 is 21.4 Å². The van der Waals surface area contributed by atoms with Gasteiger partial charge >= 0.3 is 0 Å². The van der Waals surface area contributed by atoms with Gasteiger partial charge in [-0.1, -0.05) is 13.8 Å². The molecular weight excluding hydrogens is 282 g/mol. The third-order valence-electron chi connectivity index (χ3n) is 3.12. The van der Waals surface area contributed by atoms with Crippen molar-refractivity contribution in [3.8, 4) is 0 Å². The lowest BCUT2D eigenvalue weighted by Gasteiger charge is -2.29. The number of rotatable bonds is 6. The van der Waals surface area contributed by atoms with Gasteiger partial charge in [-0.25, -0.2) is 12.7 Å². The molecule has 0 bridgehead atoms. The first-order valence-electron chi connectivity index (χ1n) is 6.24. The first kappa shape index (κ1) is 16.6. The number of thiophene rings is 1. The Labute approximate surface area is 120 Å². The Morgan fingerprint density at radius 1 is 1.37 bits per heavy atom. The molecule has 0 aliphatic heterocycles. The van der Waals surface area contributed by atoms with Crippen molar-refractivity contribution in [1.29, 1.82) is 0 Å². The first-order chi connectivity index (χ1) is 8.60. The molecule has 19 heavy (non-hydrogen) atoms. The van der Waals surface area contributed by atoms with E-state index in [0.717, 1.165) is 9.75 Å². The van der Waals surface area contributed by atoms with Crippen LogP contribution in [-0.4, -0.2) is 38.0 Å². The van der Waals surface area contributed by atoms with Crippen LogP contribution in [0.4, 0.5) is 0 Å². The van der Waals surface area contributed by atoms with E-state index in [1.807, 2.05) is 27.7 Å². The molecule has 0 amide bonds. The lowest BCUT2D eigenvalue weighted by atomic mass is 9.90. The summed E-state index contributed by atoms with van der Waals surface area (Å²) < 4.78 is 26.4. The van der Waals surface area contributed by atoms with Crippen LogP contribution in [0.25, 0.3) is 0 Å². The van der Waals surface area contributed by atoms with Crippen LogP contribution >= 0.6 is 11.3 Å². The fraction of sp³-hybridized carbons (Fsp3) is 0.692. The van der Waals surface area contributed by atoms with Gasteiger partial charge in [-0.05, 0) is 31.7 Å². The van der Waals surface area contributed by atoms with E-state index in [2.05, 4.69) is 0 Å². The number of aliphatic hydroxyl groups is 1. The highest BCUT2D eigenvalue weighted by molar-refractivity contribution is 7.89. The average molecular weight is 305 g/mol. The van der Waals surface area contributed by atoms with Crippen molar-refractivity contribution in [3.63, 3.8) is 0 Å². The maximum Gasteiger partial charge on any atom is 0.243 e. The van der Waals surface area contributed by atoms with Crippen molar-refractivity contribution < 1.29 is 13.5 Å². The van der Waals surface area contributed by atoms with Gasteiger partial charge < -0.3 is 5.11 Å². The molecule has 110 valence electrons. The number of aliphatic hydroxyl groups excluding tert-OH is 1. The number of sulfonamides is 1. The Balaban J connectivity index is 2.98. The zero-order chi connectivity index (χ0) is 14.8. The molecule has 0 radical (unpaired) electrons. The third-order valence-corrected chi connectivity index (χ3v) is 6.15. The minimum absolute atomic E-state index is 0.0669. The van der Waals surface area contributed by atoms with Crippen LogP contribution in [-0.2, 0) is 10.0 Å². The molecule has 0 aliphatic rings. The van der Waals surface area contributed by atoms with Gasteiger partial charge in [0.05, 0.1) is 4.90 Å². The fourth-order valence-electron chi connectivity index (χ4n) is 2.10. The fourth-order valence-corrected chi connectivity index (χ4v) is 4.98. The Hall–Kier alpha value is -0.430. The summed E-state index contributed by atoms with van der Waals surface area (Å²) in [6, 6.07) is 1.73.